The van der Waals surface area contributed by atoms with Crippen molar-refractivity contribution in [1.82, 2.24) is 4.98 Å². The first-order valence-corrected chi connectivity index (χ1v) is 8.56. The van der Waals surface area contributed by atoms with E-state index in [2.05, 4.69) is 10.3 Å². The van der Waals surface area contributed by atoms with Crippen molar-refractivity contribution in [2.45, 2.75) is 11.8 Å². The van der Waals surface area contributed by atoms with Gasteiger partial charge in [0.15, 0.2) is 5.13 Å². The summed E-state index contributed by atoms with van der Waals surface area (Å²) in [5, 5.41) is 2.46. The van der Waals surface area contributed by atoms with Gasteiger partial charge in [-0.3, -0.25) is 4.79 Å². The Morgan fingerprint density at radius 2 is 1.88 bits per heavy atom. The fourth-order valence-corrected chi connectivity index (χ4v) is 3.24. The van der Waals surface area contributed by atoms with Crippen LogP contribution in [0.4, 0.5) is 9.52 Å². The third kappa shape index (κ3) is 4.19. The summed E-state index contributed by atoms with van der Waals surface area (Å²) in [6.07, 6.45) is 2.34. The molecular formula is C18H14ClFN2OS. The van der Waals surface area contributed by atoms with Gasteiger partial charge < -0.3 is 5.32 Å². The Balaban J connectivity index is 1.63. The Morgan fingerprint density at radius 1 is 1.17 bits per heavy atom. The Bertz CT molecular complexity index is 821. The van der Waals surface area contributed by atoms with Crippen molar-refractivity contribution in [2.75, 3.05) is 5.32 Å². The van der Waals surface area contributed by atoms with E-state index < -0.39 is 5.38 Å². The zero-order chi connectivity index (χ0) is 16.9. The molecule has 3 nitrogen and oxygen atoms in total. The van der Waals surface area contributed by atoms with Crippen LogP contribution in [0.1, 0.15) is 21.4 Å². The molecule has 1 amide bonds. The van der Waals surface area contributed by atoms with Crippen LogP contribution in [-0.2, 0) is 11.2 Å². The zero-order valence-corrected chi connectivity index (χ0v) is 14.2. The van der Waals surface area contributed by atoms with E-state index >= 15 is 0 Å². The zero-order valence-electron chi connectivity index (χ0n) is 12.6. The molecular weight excluding hydrogens is 347 g/mol. The number of rotatable bonds is 5. The first kappa shape index (κ1) is 16.6. The number of amides is 1. The molecule has 24 heavy (non-hydrogen) atoms. The lowest BCUT2D eigenvalue weighted by Crippen LogP contribution is -2.17. The molecule has 0 aliphatic heterocycles. The molecule has 0 fully saturated rings. The highest BCUT2D eigenvalue weighted by molar-refractivity contribution is 7.15. The molecule has 1 unspecified atom stereocenters. The molecule has 0 saturated heterocycles. The molecule has 0 aliphatic rings. The predicted octanol–water partition coefficient (Wildman–Crippen LogP) is 4.79. The van der Waals surface area contributed by atoms with Crippen molar-refractivity contribution in [3.8, 4) is 0 Å². The molecule has 0 aliphatic carbocycles. The van der Waals surface area contributed by atoms with Gasteiger partial charge in [0.05, 0.1) is 0 Å². The van der Waals surface area contributed by atoms with Crippen LogP contribution in [0, 0.1) is 5.82 Å². The van der Waals surface area contributed by atoms with Gasteiger partial charge in [0.1, 0.15) is 11.2 Å². The lowest BCUT2D eigenvalue weighted by atomic mass is 10.1. The van der Waals surface area contributed by atoms with Crippen molar-refractivity contribution in [1.29, 1.82) is 0 Å². The van der Waals surface area contributed by atoms with Crippen molar-refractivity contribution in [3.05, 3.63) is 82.6 Å². The van der Waals surface area contributed by atoms with Crippen molar-refractivity contribution in [2.24, 2.45) is 0 Å². The van der Waals surface area contributed by atoms with E-state index in [9.17, 15) is 9.18 Å². The maximum Gasteiger partial charge on any atom is 0.248 e. The lowest BCUT2D eigenvalue weighted by Gasteiger charge is -2.08. The number of halogens is 2. The summed E-state index contributed by atoms with van der Waals surface area (Å²) in [5.74, 6) is -0.573. The number of carbonyl (C=O) groups excluding carboxylic acids is 1. The minimum Gasteiger partial charge on any atom is -0.300 e. The van der Waals surface area contributed by atoms with Crippen LogP contribution < -0.4 is 5.32 Å². The smallest absolute Gasteiger partial charge is 0.248 e. The fraction of sp³-hybridized carbons (Fsp3) is 0.111. The summed E-state index contributed by atoms with van der Waals surface area (Å²) in [4.78, 5) is 17.4. The third-order valence-electron chi connectivity index (χ3n) is 3.40. The van der Waals surface area contributed by atoms with Crippen LogP contribution in [0.25, 0.3) is 0 Å². The summed E-state index contributed by atoms with van der Waals surface area (Å²) in [6.45, 7) is 0. The maximum atomic E-state index is 12.9. The van der Waals surface area contributed by atoms with Crippen LogP contribution in [0.2, 0.25) is 0 Å². The average Bonchev–Trinajstić information content (AvgIpc) is 3.04. The first-order valence-electron chi connectivity index (χ1n) is 7.31. The highest BCUT2D eigenvalue weighted by Crippen LogP contribution is 2.25. The molecule has 3 aromatic rings. The number of carbonyl (C=O) groups is 1. The summed E-state index contributed by atoms with van der Waals surface area (Å²) in [7, 11) is 0. The number of alkyl halides is 1. The second kappa shape index (κ2) is 7.55. The van der Waals surface area contributed by atoms with Gasteiger partial charge in [0.2, 0.25) is 5.91 Å². The Morgan fingerprint density at radius 3 is 2.58 bits per heavy atom. The SMILES string of the molecule is O=C(Nc1ncc(Cc2ccc(F)cc2)s1)C(Cl)c1ccccc1. The molecule has 2 aromatic carbocycles. The van der Waals surface area contributed by atoms with Gasteiger partial charge in [-0.1, -0.05) is 42.5 Å². The monoisotopic (exact) mass is 360 g/mol. The number of aromatic nitrogens is 1. The van der Waals surface area contributed by atoms with Crippen LogP contribution >= 0.6 is 22.9 Å². The van der Waals surface area contributed by atoms with E-state index in [1.165, 1.54) is 23.5 Å². The quantitative estimate of drug-likeness (QED) is 0.664. The average molecular weight is 361 g/mol. The number of nitrogens with one attached hydrogen (secondary N) is 1. The van der Waals surface area contributed by atoms with Gasteiger partial charge in [0, 0.05) is 17.5 Å². The third-order valence-corrected chi connectivity index (χ3v) is 4.76. The van der Waals surface area contributed by atoms with Gasteiger partial charge in [-0.2, -0.15) is 0 Å². The lowest BCUT2D eigenvalue weighted by molar-refractivity contribution is -0.116. The second-order valence-corrected chi connectivity index (χ2v) is 6.75. The molecule has 1 aromatic heterocycles. The molecule has 1 N–H and O–H groups in total. The van der Waals surface area contributed by atoms with E-state index in [4.69, 9.17) is 11.6 Å². The molecule has 0 radical (unpaired) electrons. The molecule has 6 heteroatoms. The summed E-state index contributed by atoms with van der Waals surface area (Å²) < 4.78 is 12.9. The number of benzene rings is 2. The first-order chi connectivity index (χ1) is 11.6. The Hall–Kier alpha value is -2.24. The van der Waals surface area contributed by atoms with Crippen molar-refractivity contribution >= 4 is 34.0 Å². The van der Waals surface area contributed by atoms with Gasteiger partial charge >= 0.3 is 0 Å². The predicted molar refractivity (Wildman–Crippen MR) is 95.0 cm³/mol. The fourth-order valence-electron chi connectivity index (χ4n) is 2.19. The van der Waals surface area contributed by atoms with Crippen LogP contribution in [0.3, 0.4) is 0 Å². The van der Waals surface area contributed by atoms with E-state index in [0.717, 1.165) is 16.0 Å². The normalized spacial score (nSPS) is 11.9. The van der Waals surface area contributed by atoms with E-state index in [0.29, 0.717) is 11.6 Å². The molecule has 1 heterocycles. The highest BCUT2D eigenvalue weighted by Gasteiger charge is 2.18. The molecule has 122 valence electrons. The van der Waals surface area contributed by atoms with Crippen LogP contribution in [-0.4, -0.2) is 10.9 Å². The van der Waals surface area contributed by atoms with E-state index in [1.54, 1.807) is 30.5 Å². The number of thiazole rings is 1. The highest BCUT2D eigenvalue weighted by atomic mass is 35.5. The standard InChI is InChI=1S/C18H14ClFN2OS/c19-16(13-4-2-1-3-5-13)17(23)22-18-21-11-15(24-18)10-12-6-8-14(20)9-7-12/h1-9,11,16H,10H2,(H,21,22,23). The van der Waals surface area contributed by atoms with Gasteiger partial charge in [-0.25, -0.2) is 9.37 Å². The van der Waals surface area contributed by atoms with E-state index in [1.807, 2.05) is 18.2 Å². The molecule has 3 rings (SSSR count). The van der Waals surface area contributed by atoms with Gasteiger partial charge in [0.25, 0.3) is 0 Å². The summed E-state index contributed by atoms with van der Waals surface area (Å²) >= 11 is 7.56. The molecule has 0 bridgehead atoms. The number of nitrogens with zero attached hydrogens (tertiary/aromatic N) is 1. The van der Waals surface area contributed by atoms with Gasteiger partial charge in [-0.05, 0) is 23.3 Å². The van der Waals surface area contributed by atoms with Gasteiger partial charge in [-0.15, -0.1) is 22.9 Å². The Kier molecular flexibility index (Phi) is 5.23. The van der Waals surface area contributed by atoms with Crippen molar-refractivity contribution < 1.29 is 9.18 Å². The molecule has 0 spiro atoms. The molecule has 1 atom stereocenters. The summed E-state index contributed by atoms with van der Waals surface area (Å²) in [6, 6.07) is 15.5. The number of hydrogen-bond donors (Lipinski definition) is 1. The minimum atomic E-state index is -0.768. The number of anilines is 1. The van der Waals surface area contributed by atoms with Crippen molar-refractivity contribution in [3.63, 3.8) is 0 Å². The maximum absolute atomic E-state index is 12.9. The van der Waals surface area contributed by atoms with E-state index in [-0.39, 0.29) is 11.7 Å². The topological polar surface area (TPSA) is 42.0 Å². The summed E-state index contributed by atoms with van der Waals surface area (Å²) in [5.41, 5.74) is 1.72. The van der Waals surface area contributed by atoms with Crippen LogP contribution in [0.5, 0.6) is 0 Å². The largest absolute Gasteiger partial charge is 0.300 e. The Labute approximate surface area is 148 Å². The second-order valence-electron chi connectivity index (χ2n) is 5.20. The minimum absolute atomic E-state index is 0.259. The molecule has 0 saturated carbocycles. The number of hydrogen-bond acceptors (Lipinski definition) is 3. The van der Waals surface area contributed by atoms with Crippen LogP contribution in [0.15, 0.2) is 60.8 Å².